The van der Waals surface area contributed by atoms with Gasteiger partial charge in [0.15, 0.2) is 0 Å². The summed E-state index contributed by atoms with van der Waals surface area (Å²) in [7, 11) is 0. The van der Waals surface area contributed by atoms with Crippen molar-refractivity contribution >= 4 is 17.8 Å². The van der Waals surface area contributed by atoms with Gasteiger partial charge < -0.3 is 20.6 Å². The monoisotopic (exact) mass is 412 g/mol. The molecule has 0 aromatic carbocycles. The number of aliphatic hydroxyl groups excluding tert-OH is 1. The molecule has 162 valence electrons. The highest BCUT2D eigenvalue weighted by Crippen LogP contribution is 2.27. The number of rotatable bonds is 7. The van der Waals surface area contributed by atoms with Crippen LogP contribution in [-0.4, -0.2) is 63.6 Å². The molecule has 1 aliphatic rings. The van der Waals surface area contributed by atoms with Crippen LogP contribution in [0.25, 0.3) is 0 Å². The fraction of sp³-hybridized carbons (Fsp3) is 0.706. The lowest BCUT2D eigenvalue weighted by atomic mass is 9.88. The molecule has 0 saturated carbocycles. The third-order valence-electron chi connectivity index (χ3n) is 4.09. The van der Waals surface area contributed by atoms with E-state index in [1.807, 2.05) is 13.8 Å². The van der Waals surface area contributed by atoms with E-state index in [0.717, 1.165) is 0 Å². The molecule has 5 atom stereocenters. The van der Waals surface area contributed by atoms with Gasteiger partial charge in [-0.15, -0.1) is 6.58 Å². The average molecular weight is 412 g/mol. The normalized spacial score (nSPS) is 23.9. The molecule has 28 heavy (non-hydrogen) atoms. The second-order valence-electron chi connectivity index (χ2n) is 6.94. The van der Waals surface area contributed by atoms with Crippen molar-refractivity contribution in [1.82, 2.24) is 10.6 Å². The molecular formula is C17H27F3N2O6. The van der Waals surface area contributed by atoms with E-state index in [-0.39, 0.29) is 23.8 Å². The van der Waals surface area contributed by atoms with Gasteiger partial charge in [-0.1, -0.05) is 19.9 Å². The molecule has 8 nitrogen and oxygen atoms in total. The van der Waals surface area contributed by atoms with Crippen molar-refractivity contribution in [1.29, 1.82) is 0 Å². The third-order valence-corrected chi connectivity index (χ3v) is 4.09. The summed E-state index contributed by atoms with van der Waals surface area (Å²) in [5.41, 5.74) is 0. The zero-order valence-electron chi connectivity index (χ0n) is 15.9. The number of alkyl halides is 3. The number of amides is 1. The van der Waals surface area contributed by atoms with E-state index in [1.165, 1.54) is 6.92 Å². The first-order chi connectivity index (χ1) is 12.7. The topological polar surface area (TPSA) is 136 Å². The van der Waals surface area contributed by atoms with Gasteiger partial charge in [-0.25, -0.2) is 4.79 Å². The minimum atomic E-state index is -5.08. The van der Waals surface area contributed by atoms with Crippen molar-refractivity contribution in [2.75, 3.05) is 0 Å². The molecule has 5 N–H and O–H groups in total. The summed E-state index contributed by atoms with van der Waals surface area (Å²) >= 11 is 0. The molecule has 0 radical (unpaired) electrons. The highest BCUT2D eigenvalue weighted by atomic mass is 19.4. The first-order valence-electron chi connectivity index (χ1n) is 8.57. The maximum atomic E-state index is 11.4. The number of carbonyl (C=O) groups excluding carboxylic acids is 1. The lowest BCUT2D eigenvalue weighted by Gasteiger charge is -2.32. The van der Waals surface area contributed by atoms with E-state index in [9.17, 15) is 27.9 Å². The standard InChI is InChI=1S/C15H26N2O4.C2HF3O2/c1-5-10-7-11(15(20)21)17-13(10)14(16-9(4)18)12(19)6-8(2)3;3-2(4,5)1(6)7/h5,8,10-14,17,19H,1,6-7H2,2-4H3,(H,16,18)(H,20,21);(H,6,7)/t10?,11?,12-,13-,14+;/m1./s1. The highest BCUT2D eigenvalue weighted by molar-refractivity contribution is 5.75. The third kappa shape index (κ3) is 8.70. The van der Waals surface area contributed by atoms with Crippen LogP contribution in [0.5, 0.6) is 0 Å². The predicted molar refractivity (Wildman–Crippen MR) is 93.4 cm³/mol. The van der Waals surface area contributed by atoms with E-state index < -0.39 is 36.3 Å². The maximum Gasteiger partial charge on any atom is 0.490 e. The molecule has 1 saturated heterocycles. The fourth-order valence-corrected chi connectivity index (χ4v) is 2.92. The molecule has 0 aliphatic carbocycles. The molecule has 1 aliphatic heterocycles. The van der Waals surface area contributed by atoms with Crippen molar-refractivity contribution in [3.05, 3.63) is 12.7 Å². The van der Waals surface area contributed by atoms with Crippen molar-refractivity contribution in [3.63, 3.8) is 0 Å². The van der Waals surface area contributed by atoms with Gasteiger partial charge in [0.1, 0.15) is 6.04 Å². The van der Waals surface area contributed by atoms with Crippen LogP contribution in [0.2, 0.25) is 0 Å². The Morgan fingerprint density at radius 1 is 1.29 bits per heavy atom. The number of aliphatic hydroxyl groups is 1. The predicted octanol–water partition coefficient (Wildman–Crippen LogP) is 1.15. The molecule has 0 bridgehead atoms. The van der Waals surface area contributed by atoms with Crippen LogP contribution in [-0.2, 0) is 14.4 Å². The van der Waals surface area contributed by atoms with E-state index in [1.54, 1.807) is 6.08 Å². The molecule has 0 spiro atoms. The summed E-state index contributed by atoms with van der Waals surface area (Å²) in [5.74, 6) is -3.76. The van der Waals surface area contributed by atoms with Gasteiger partial charge in [-0.3, -0.25) is 14.9 Å². The smallest absolute Gasteiger partial charge is 0.480 e. The summed E-state index contributed by atoms with van der Waals surface area (Å²) in [6.45, 7) is 9.11. The Kier molecular flexibility index (Phi) is 10.2. The number of hydrogen-bond donors (Lipinski definition) is 5. The van der Waals surface area contributed by atoms with Gasteiger partial charge in [0.05, 0.1) is 12.1 Å². The molecule has 1 fully saturated rings. The molecule has 11 heteroatoms. The Labute approximate surface area is 160 Å². The van der Waals surface area contributed by atoms with E-state index >= 15 is 0 Å². The number of nitrogens with one attached hydrogen (secondary N) is 2. The molecule has 2 unspecified atom stereocenters. The van der Waals surface area contributed by atoms with Gasteiger partial charge in [-0.2, -0.15) is 13.2 Å². The highest BCUT2D eigenvalue weighted by Gasteiger charge is 2.42. The second kappa shape index (κ2) is 11.0. The Hall–Kier alpha value is -2.14. The minimum absolute atomic E-state index is 0.107. The van der Waals surface area contributed by atoms with Crippen molar-refractivity contribution in [2.24, 2.45) is 11.8 Å². The Morgan fingerprint density at radius 2 is 1.79 bits per heavy atom. The largest absolute Gasteiger partial charge is 0.490 e. The van der Waals surface area contributed by atoms with Crippen LogP contribution in [0, 0.1) is 11.8 Å². The number of carboxylic acid groups (broad SMARTS) is 2. The molecule has 0 aromatic rings. The first kappa shape index (κ1) is 25.9. The van der Waals surface area contributed by atoms with Gasteiger partial charge in [0.2, 0.25) is 5.91 Å². The van der Waals surface area contributed by atoms with Crippen molar-refractivity contribution < 1.29 is 42.9 Å². The van der Waals surface area contributed by atoms with Gasteiger partial charge >= 0.3 is 18.1 Å². The zero-order valence-corrected chi connectivity index (χ0v) is 15.9. The van der Waals surface area contributed by atoms with Crippen LogP contribution in [0.3, 0.4) is 0 Å². The maximum absolute atomic E-state index is 11.4. The van der Waals surface area contributed by atoms with E-state index in [0.29, 0.717) is 12.8 Å². The summed E-state index contributed by atoms with van der Waals surface area (Å²) < 4.78 is 31.7. The summed E-state index contributed by atoms with van der Waals surface area (Å²) in [6.07, 6.45) is -3.18. The Bertz CT molecular complexity index is 568. The number of carbonyl (C=O) groups is 3. The molecule has 1 rings (SSSR count). The van der Waals surface area contributed by atoms with Crippen LogP contribution in [0.4, 0.5) is 13.2 Å². The number of aliphatic carboxylic acids is 2. The molecule has 1 amide bonds. The Balaban J connectivity index is 0.000000887. The lowest BCUT2D eigenvalue weighted by Crippen LogP contribution is -2.57. The summed E-state index contributed by atoms with van der Waals surface area (Å²) in [5, 5.41) is 32.4. The summed E-state index contributed by atoms with van der Waals surface area (Å²) in [6, 6.07) is -1.54. The molecular weight excluding hydrogens is 385 g/mol. The van der Waals surface area contributed by atoms with Crippen LogP contribution in [0.1, 0.15) is 33.6 Å². The Morgan fingerprint density at radius 3 is 2.11 bits per heavy atom. The lowest BCUT2D eigenvalue weighted by molar-refractivity contribution is -0.192. The quantitative estimate of drug-likeness (QED) is 0.396. The fourth-order valence-electron chi connectivity index (χ4n) is 2.92. The van der Waals surface area contributed by atoms with Crippen molar-refractivity contribution in [2.45, 2.75) is 64.0 Å². The van der Waals surface area contributed by atoms with Gasteiger partial charge in [0, 0.05) is 13.0 Å². The average Bonchev–Trinajstić information content (AvgIpc) is 2.95. The number of hydrogen-bond acceptors (Lipinski definition) is 5. The first-order valence-corrected chi connectivity index (χ1v) is 8.57. The minimum Gasteiger partial charge on any atom is -0.480 e. The van der Waals surface area contributed by atoms with Gasteiger partial charge in [0.25, 0.3) is 0 Å². The van der Waals surface area contributed by atoms with Crippen LogP contribution in [0.15, 0.2) is 12.7 Å². The van der Waals surface area contributed by atoms with Crippen LogP contribution >= 0.6 is 0 Å². The van der Waals surface area contributed by atoms with Gasteiger partial charge in [-0.05, 0) is 24.7 Å². The van der Waals surface area contributed by atoms with Crippen LogP contribution < -0.4 is 10.6 Å². The number of halogens is 3. The summed E-state index contributed by atoms with van der Waals surface area (Å²) in [4.78, 5) is 31.5. The zero-order chi connectivity index (χ0) is 22.2. The van der Waals surface area contributed by atoms with E-state index in [4.69, 9.17) is 15.0 Å². The molecule has 1 heterocycles. The molecule has 0 aromatic heterocycles. The second-order valence-corrected chi connectivity index (χ2v) is 6.94. The van der Waals surface area contributed by atoms with E-state index in [2.05, 4.69) is 17.2 Å². The van der Waals surface area contributed by atoms with Crippen molar-refractivity contribution in [3.8, 4) is 0 Å². The number of carboxylic acids is 2. The SMILES string of the molecule is C=CC1CC(C(=O)O)N[C@H]1[C@@H](NC(C)=O)[C@H](O)CC(C)C.O=C(O)C(F)(F)F.